The summed E-state index contributed by atoms with van der Waals surface area (Å²) in [5, 5.41) is 0. The molecule has 0 heterocycles. The molecular weight excluding hydrogens is 262 g/mol. The Morgan fingerprint density at radius 3 is 2.38 bits per heavy atom. The van der Waals surface area contributed by atoms with Gasteiger partial charge in [-0.05, 0) is 43.7 Å². The Morgan fingerprint density at radius 1 is 1.19 bits per heavy atom. The van der Waals surface area contributed by atoms with Crippen LogP contribution in [0, 0.1) is 19.8 Å². The van der Waals surface area contributed by atoms with Gasteiger partial charge in [-0.1, -0.05) is 43.4 Å². The highest BCUT2D eigenvalue weighted by molar-refractivity contribution is 5.81. The summed E-state index contributed by atoms with van der Waals surface area (Å²) in [7, 11) is 1.48. The number of esters is 1. The highest BCUT2D eigenvalue weighted by atomic mass is 16.5. The predicted molar refractivity (Wildman–Crippen MR) is 86.3 cm³/mol. The highest BCUT2D eigenvalue weighted by Crippen LogP contribution is 2.39. The van der Waals surface area contributed by atoms with Gasteiger partial charge in [0.25, 0.3) is 0 Å². The monoisotopic (exact) mass is 289 g/mol. The molecule has 0 bridgehead atoms. The number of nitrogens with two attached hydrogens (primary N) is 1. The zero-order valence-electron chi connectivity index (χ0n) is 13.4. The zero-order valence-corrected chi connectivity index (χ0v) is 13.4. The third-order valence-electron chi connectivity index (χ3n) is 4.72. The minimum Gasteiger partial charge on any atom is -0.469 e. The van der Waals surface area contributed by atoms with Gasteiger partial charge in [0, 0.05) is 5.69 Å². The van der Waals surface area contributed by atoms with E-state index in [0.717, 1.165) is 35.2 Å². The molecule has 1 aromatic carbocycles. The van der Waals surface area contributed by atoms with E-state index in [1.807, 2.05) is 6.92 Å². The third kappa shape index (κ3) is 3.58. The summed E-state index contributed by atoms with van der Waals surface area (Å²) >= 11 is 0. The van der Waals surface area contributed by atoms with Crippen molar-refractivity contribution in [1.29, 1.82) is 0 Å². The molecule has 0 radical (unpaired) electrons. The second kappa shape index (κ2) is 6.97. The van der Waals surface area contributed by atoms with Crippen LogP contribution in [0.1, 0.15) is 61.1 Å². The van der Waals surface area contributed by atoms with Gasteiger partial charge < -0.3 is 10.5 Å². The van der Waals surface area contributed by atoms with E-state index in [2.05, 4.69) is 19.1 Å². The molecule has 1 unspecified atom stereocenters. The van der Waals surface area contributed by atoms with Gasteiger partial charge in [0.05, 0.1) is 13.0 Å². The molecule has 1 saturated carbocycles. The first-order chi connectivity index (χ1) is 10.0. The summed E-state index contributed by atoms with van der Waals surface area (Å²) < 4.78 is 5.10. The van der Waals surface area contributed by atoms with E-state index in [-0.39, 0.29) is 11.9 Å². The topological polar surface area (TPSA) is 52.3 Å². The fraction of sp³-hybridized carbons (Fsp3) is 0.611. The van der Waals surface area contributed by atoms with E-state index in [4.69, 9.17) is 10.5 Å². The standard InChI is InChI=1S/C18H27NO2/c1-12-10-13(2)17(19)15(11-12)16(18(20)21-3)14-8-6-4-5-7-9-14/h10-11,14,16H,4-9,19H2,1-3H3. The number of carbonyl (C=O) groups is 1. The van der Waals surface area contributed by atoms with Crippen molar-refractivity contribution < 1.29 is 9.53 Å². The summed E-state index contributed by atoms with van der Waals surface area (Å²) in [6, 6.07) is 4.13. The number of rotatable bonds is 3. The van der Waals surface area contributed by atoms with Crippen LogP contribution in [-0.2, 0) is 9.53 Å². The van der Waals surface area contributed by atoms with Gasteiger partial charge in [0.1, 0.15) is 0 Å². The summed E-state index contributed by atoms with van der Waals surface area (Å²) in [6.45, 7) is 4.06. The zero-order chi connectivity index (χ0) is 15.4. The fourth-order valence-corrected chi connectivity index (χ4v) is 3.61. The van der Waals surface area contributed by atoms with Gasteiger partial charge in [-0.25, -0.2) is 0 Å². The first-order valence-electron chi connectivity index (χ1n) is 7.99. The maximum atomic E-state index is 12.4. The number of hydrogen-bond acceptors (Lipinski definition) is 3. The summed E-state index contributed by atoms with van der Waals surface area (Å²) in [6.07, 6.45) is 7.11. The Morgan fingerprint density at radius 2 is 1.81 bits per heavy atom. The number of anilines is 1. The first kappa shape index (κ1) is 15.9. The van der Waals surface area contributed by atoms with Crippen LogP contribution in [0.3, 0.4) is 0 Å². The van der Waals surface area contributed by atoms with Crippen LogP contribution < -0.4 is 5.73 Å². The van der Waals surface area contributed by atoms with E-state index in [1.165, 1.54) is 32.8 Å². The normalized spacial score (nSPS) is 18.0. The van der Waals surface area contributed by atoms with Crippen molar-refractivity contribution in [2.24, 2.45) is 5.92 Å². The maximum Gasteiger partial charge on any atom is 0.313 e. The number of methoxy groups -OCH3 is 1. The van der Waals surface area contributed by atoms with E-state index in [9.17, 15) is 4.79 Å². The van der Waals surface area contributed by atoms with Gasteiger partial charge in [0.15, 0.2) is 0 Å². The Labute approximate surface area is 127 Å². The van der Waals surface area contributed by atoms with Crippen molar-refractivity contribution in [3.63, 3.8) is 0 Å². The summed E-state index contributed by atoms with van der Waals surface area (Å²) in [5.74, 6) is -0.00579. The molecule has 3 heteroatoms. The lowest BCUT2D eigenvalue weighted by Gasteiger charge is -2.26. The van der Waals surface area contributed by atoms with Crippen molar-refractivity contribution in [2.45, 2.75) is 58.3 Å². The smallest absolute Gasteiger partial charge is 0.313 e. The van der Waals surface area contributed by atoms with Crippen molar-refractivity contribution in [3.05, 3.63) is 28.8 Å². The van der Waals surface area contributed by atoms with Crippen molar-refractivity contribution in [3.8, 4) is 0 Å². The first-order valence-corrected chi connectivity index (χ1v) is 7.99. The lowest BCUT2D eigenvalue weighted by atomic mass is 9.79. The molecule has 0 saturated heterocycles. The van der Waals surface area contributed by atoms with Crippen LogP contribution in [-0.4, -0.2) is 13.1 Å². The van der Waals surface area contributed by atoms with Crippen molar-refractivity contribution in [2.75, 3.05) is 12.8 Å². The van der Waals surface area contributed by atoms with E-state index < -0.39 is 0 Å². The van der Waals surface area contributed by atoms with Gasteiger partial charge in [0.2, 0.25) is 0 Å². The number of ether oxygens (including phenoxy) is 1. The molecule has 1 aliphatic rings. The highest BCUT2D eigenvalue weighted by Gasteiger charge is 2.32. The van der Waals surface area contributed by atoms with Crippen molar-refractivity contribution >= 4 is 11.7 Å². The SMILES string of the molecule is COC(=O)C(c1cc(C)cc(C)c1N)C1CCCCCC1. The molecule has 116 valence electrons. The van der Waals surface area contributed by atoms with Crippen LogP contribution in [0.15, 0.2) is 12.1 Å². The molecule has 0 aliphatic heterocycles. The van der Waals surface area contributed by atoms with E-state index in [0.29, 0.717) is 5.92 Å². The quantitative estimate of drug-likeness (QED) is 0.517. The molecule has 0 aromatic heterocycles. The molecule has 3 nitrogen and oxygen atoms in total. The Kier molecular flexibility index (Phi) is 5.27. The summed E-state index contributed by atoms with van der Waals surface area (Å²) in [5.41, 5.74) is 10.2. The van der Waals surface area contributed by atoms with Gasteiger partial charge >= 0.3 is 5.97 Å². The minimum absolute atomic E-state index is 0.140. The van der Waals surface area contributed by atoms with Crippen LogP contribution in [0.25, 0.3) is 0 Å². The fourth-order valence-electron chi connectivity index (χ4n) is 3.61. The van der Waals surface area contributed by atoms with E-state index >= 15 is 0 Å². The van der Waals surface area contributed by atoms with Gasteiger partial charge in [-0.3, -0.25) is 4.79 Å². The molecule has 2 N–H and O–H groups in total. The Hall–Kier alpha value is -1.51. The number of aryl methyl sites for hydroxylation is 2. The molecule has 2 rings (SSSR count). The second-order valence-corrected chi connectivity index (χ2v) is 6.34. The number of carbonyl (C=O) groups excluding carboxylic acids is 1. The lowest BCUT2D eigenvalue weighted by Crippen LogP contribution is -2.24. The Bertz CT molecular complexity index is 502. The maximum absolute atomic E-state index is 12.4. The number of hydrogen-bond donors (Lipinski definition) is 1. The number of benzene rings is 1. The number of nitrogen functional groups attached to an aromatic ring is 1. The van der Waals surface area contributed by atoms with E-state index in [1.54, 1.807) is 0 Å². The van der Waals surface area contributed by atoms with Crippen LogP contribution >= 0.6 is 0 Å². The average Bonchev–Trinajstić information content (AvgIpc) is 2.73. The Balaban J connectivity index is 2.42. The minimum atomic E-state index is -0.216. The van der Waals surface area contributed by atoms with Gasteiger partial charge in [-0.15, -0.1) is 0 Å². The summed E-state index contributed by atoms with van der Waals surface area (Å²) in [4.78, 5) is 12.4. The molecule has 0 amide bonds. The largest absolute Gasteiger partial charge is 0.469 e. The molecule has 1 aliphatic carbocycles. The second-order valence-electron chi connectivity index (χ2n) is 6.34. The van der Waals surface area contributed by atoms with Gasteiger partial charge in [-0.2, -0.15) is 0 Å². The molecule has 21 heavy (non-hydrogen) atoms. The molecule has 0 spiro atoms. The predicted octanol–water partition coefficient (Wildman–Crippen LogP) is 4.11. The molecule has 1 aromatic rings. The molecule has 1 fully saturated rings. The average molecular weight is 289 g/mol. The lowest BCUT2D eigenvalue weighted by molar-refractivity contribution is -0.144. The van der Waals surface area contributed by atoms with Crippen molar-refractivity contribution in [1.82, 2.24) is 0 Å². The molecular formula is C18H27NO2. The molecule has 1 atom stereocenters. The van der Waals surface area contributed by atoms with Crippen LogP contribution in [0.2, 0.25) is 0 Å². The van der Waals surface area contributed by atoms with Crippen LogP contribution in [0.4, 0.5) is 5.69 Å². The third-order valence-corrected chi connectivity index (χ3v) is 4.72. The van der Waals surface area contributed by atoms with Crippen LogP contribution in [0.5, 0.6) is 0 Å².